The molecule has 4 aliphatic rings. The Morgan fingerprint density at radius 1 is 1.00 bits per heavy atom. The number of benzene rings is 1. The van der Waals surface area contributed by atoms with Crippen LogP contribution in [0.1, 0.15) is 54.4 Å². The van der Waals surface area contributed by atoms with E-state index in [-0.39, 0.29) is 41.9 Å². The number of amides is 2. The summed E-state index contributed by atoms with van der Waals surface area (Å²) >= 11 is 0. The fraction of sp³-hybridized carbons (Fsp3) is 0.565. The highest BCUT2D eigenvalue weighted by atomic mass is 16.2. The predicted octanol–water partition coefficient (Wildman–Crippen LogP) is 1.78. The number of hydrogen-bond donors (Lipinski definition) is 1. The fourth-order valence-corrected chi connectivity index (χ4v) is 5.94. The maximum atomic E-state index is 13.1. The van der Waals surface area contributed by atoms with Gasteiger partial charge in [0, 0.05) is 23.7 Å². The minimum absolute atomic E-state index is 0.00440. The zero-order chi connectivity index (χ0) is 21.0. The number of nitrogens with two attached hydrogens (primary N) is 1. The second kappa shape index (κ2) is 7.11. The summed E-state index contributed by atoms with van der Waals surface area (Å²) in [6.45, 7) is 0. The predicted molar refractivity (Wildman–Crippen MR) is 108 cm³/mol. The lowest BCUT2D eigenvalue weighted by Gasteiger charge is -2.41. The third-order valence-electron chi connectivity index (χ3n) is 7.57. The Balaban J connectivity index is 1.28. The molecule has 1 aliphatic carbocycles. The van der Waals surface area contributed by atoms with Gasteiger partial charge in [-0.3, -0.25) is 9.59 Å². The Hall–Kier alpha value is -2.90. The van der Waals surface area contributed by atoms with Crippen molar-refractivity contribution in [2.45, 2.75) is 68.7 Å². The molecule has 4 fully saturated rings. The standard InChI is InChI=1S/C23H25N5O2/c24-11-13-1-3-14(4-2-13)22(29)27-17-5-6-18(27)9-16(8-17)21(26)23(30)28-19(12-25)7-15-10-20(15)28/h1-4,15-21H,5-10,26H2/t15-,16?,17?,18?,19+,20+,21+/m1/s1. The Bertz CT molecular complexity index is 947. The first-order chi connectivity index (χ1) is 14.5. The van der Waals surface area contributed by atoms with Crippen LogP contribution in [0.25, 0.3) is 0 Å². The van der Waals surface area contributed by atoms with Crippen LogP contribution >= 0.6 is 0 Å². The smallest absolute Gasteiger partial charge is 0.254 e. The molecule has 0 spiro atoms. The number of carbonyl (C=O) groups is 2. The molecule has 30 heavy (non-hydrogen) atoms. The van der Waals surface area contributed by atoms with Gasteiger partial charge in [-0.05, 0) is 74.6 Å². The molecule has 1 saturated carbocycles. The summed E-state index contributed by atoms with van der Waals surface area (Å²) in [7, 11) is 0. The van der Waals surface area contributed by atoms with E-state index in [4.69, 9.17) is 11.0 Å². The van der Waals surface area contributed by atoms with Crippen molar-refractivity contribution in [3.63, 3.8) is 0 Å². The van der Waals surface area contributed by atoms with Crippen molar-refractivity contribution in [2.75, 3.05) is 0 Å². The van der Waals surface area contributed by atoms with Gasteiger partial charge in [-0.2, -0.15) is 10.5 Å². The molecule has 6 atom stereocenters. The van der Waals surface area contributed by atoms with Gasteiger partial charge in [-0.25, -0.2) is 0 Å². The van der Waals surface area contributed by atoms with Crippen LogP contribution in [0.15, 0.2) is 24.3 Å². The van der Waals surface area contributed by atoms with Crippen molar-refractivity contribution in [3.8, 4) is 12.1 Å². The molecule has 0 radical (unpaired) electrons. The minimum Gasteiger partial charge on any atom is -0.333 e. The lowest BCUT2D eigenvalue weighted by Crippen LogP contribution is -2.55. The first kappa shape index (κ1) is 19.1. The lowest BCUT2D eigenvalue weighted by molar-refractivity contribution is -0.135. The number of carbonyl (C=O) groups excluding carboxylic acids is 2. The van der Waals surface area contributed by atoms with Gasteiger partial charge in [-0.15, -0.1) is 0 Å². The first-order valence-electron chi connectivity index (χ1n) is 10.8. The van der Waals surface area contributed by atoms with Gasteiger partial charge in [0.2, 0.25) is 5.91 Å². The SMILES string of the molecule is N#Cc1ccc(C(=O)N2C3CCC2CC([C@H](N)C(=O)N2[C@H](C#N)C[C@@H]4C[C@@H]42)C3)cc1. The number of fused-ring (bicyclic) bond motifs is 3. The second-order valence-corrected chi connectivity index (χ2v) is 9.23. The second-order valence-electron chi connectivity index (χ2n) is 9.23. The minimum atomic E-state index is -0.601. The number of hydrogen-bond acceptors (Lipinski definition) is 5. The molecule has 1 aromatic rings. The van der Waals surface area contributed by atoms with E-state index >= 15 is 0 Å². The largest absolute Gasteiger partial charge is 0.333 e. The third kappa shape index (κ3) is 2.97. The van der Waals surface area contributed by atoms with Crippen molar-refractivity contribution < 1.29 is 9.59 Å². The topological polar surface area (TPSA) is 114 Å². The number of likely N-dealkylation sites (tertiary alicyclic amines) is 1. The highest BCUT2D eigenvalue weighted by Crippen LogP contribution is 2.48. The fourth-order valence-electron chi connectivity index (χ4n) is 5.94. The van der Waals surface area contributed by atoms with Crippen LogP contribution in [0, 0.1) is 34.5 Å². The molecule has 3 saturated heterocycles. The highest BCUT2D eigenvalue weighted by Gasteiger charge is 2.56. The Kier molecular flexibility index (Phi) is 4.52. The number of nitriles is 2. The van der Waals surface area contributed by atoms with Crippen molar-refractivity contribution in [2.24, 2.45) is 17.6 Å². The normalized spacial score (nSPS) is 34.6. The van der Waals surface area contributed by atoms with Crippen LogP contribution in [0.5, 0.6) is 0 Å². The average Bonchev–Trinajstić information content (AvgIpc) is 3.36. The van der Waals surface area contributed by atoms with Gasteiger partial charge in [0.1, 0.15) is 6.04 Å². The van der Waals surface area contributed by atoms with E-state index in [2.05, 4.69) is 12.1 Å². The summed E-state index contributed by atoms with van der Waals surface area (Å²) in [5.74, 6) is 0.434. The molecule has 7 heteroatoms. The molecule has 2 bridgehead atoms. The molecule has 0 aromatic heterocycles. The van der Waals surface area contributed by atoms with Gasteiger partial charge in [0.15, 0.2) is 0 Å². The van der Waals surface area contributed by atoms with E-state index < -0.39 is 6.04 Å². The Labute approximate surface area is 176 Å². The average molecular weight is 403 g/mol. The van der Waals surface area contributed by atoms with Gasteiger partial charge >= 0.3 is 0 Å². The van der Waals surface area contributed by atoms with Gasteiger partial charge in [-0.1, -0.05) is 0 Å². The van der Waals surface area contributed by atoms with Crippen LogP contribution in [-0.4, -0.2) is 51.8 Å². The van der Waals surface area contributed by atoms with E-state index in [0.29, 0.717) is 17.0 Å². The highest BCUT2D eigenvalue weighted by molar-refractivity contribution is 5.95. The maximum absolute atomic E-state index is 13.1. The van der Waals surface area contributed by atoms with E-state index in [1.54, 1.807) is 29.2 Å². The van der Waals surface area contributed by atoms with E-state index in [1.807, 2.05) is 4.90 Å². The molecule has 154 valence electrons. The maximum Gasteiger partial charge on any atom is 0.254 e. The lowest BCUT2D eigenvalue weighted by atomic mass is 9.84. The Morgan fingerprint density at radius 3 is 2.27 bits per heavy atom. The first-order valence-corrected chi connectivity index (χ1v) is 10.8. The van der Waals surface area contributed by atoms with Crippen LogP contribution in [0.2, 0.25) is 0 Å². The zero-order valence-electron chi connectivity index (χ0n) is 16.8. The molecule has 5 rings (SSSR count). The Morgan fingerprint density at radius 2 is 1.67 bits per heavy atom. The molecule has 7 nitrogen and oxygen atoms in total. The third-order valence-corrected chi connectivity index (χ3v) is 7.57. The number of piperidine rings is 2. The molecular formula is C23H25N5O2. The van der Waals surface area contributed by atoms with Crippen molar-refractivity contribution in [1.82, 2.24) is 9.80 Å². The summed E-state index contributed by atoms with van der Waals surface area (Å²) in [5, 5.41) is 18.4. The molecule has 2 amide bonds. The van der Waals surface area contributed by atoms with Crippen molar-refractivity contribution >= 4 is 11.8 Å². The summed E-state index contributed by atoms with van der Waals surface area (Å²) in [6, 6.07) is 10.6. The van der Waals surface area contributed by atoms with E-state index in [9.17, 15) is 14.9 Å². The summed E-state index contributed by atoms with van der Waals surface area (Å²) in [5.41, 5.74) is 7.58. The molecule has 1 aromatic carbocycles. The van der Waals surface area contributed by atoms with Crippen LogP contribution in [0.4, 0.5) is 0 Å². The molecule has 3 aliphatic heterocycles. The zero-order valence-corrected chi connectivity index (χ0v) is 16.8. The van der Waals surface area contributed by atoms with Crippen molar-refractivity contribution in [1.29, 1.82) is 10.5 Å². The quantitative estimate of drug-likeness (QED) is 0.826. The number of rotatable bonds is 3. The monoisotopic (exact) mass is 403 g/mol. The van der Waals surface area contributed by atoms with Crippen LogP contribution < -0.4 is 5.73 Å². The van der Waals surface area contributed by atoms with Crippen molar-refractivity contribution in [3.05, 3.63) is 35.4 Å². The van der Waals surface area contributed by atoms with Gasteiger partial charge in [0.05, 0.1) is 23.7 Å². The molecule has 2 N–H and O–H groups in total. The molecular weight excluding hydrogens is 378 g/mol. The molecule has 2 unspecified atom stereocenters. The van der Waals surface area contributed by atoms with Crippen LogP contribution in [-0.2, 0) is 4.79 Å². The summed E-state index contributed by atoms with van der Waals surface area (Å²) in [4.78, 5) is 30.0. The summed E-state index contributed by atoms with van der Waals surface area (Å²) in [6.07, 6.45) is 5.09. The van der Waals surface area contributed by atoms with Gasteiger partial charge in [0.25, 0.3) is 5.91 Å². The molecule has 3 heterocycles. The number of nitrogens with zero attached hydrogens (tertiary/aromatic N) is 4. The summed E-state index contributed by atoms with van der Waals surface area (Å²) < 4.78 is 0. The van der Waals surface area contributed by atoms with E-state index in [1.165, 1.54) is 0 Å². The van der Waals surface area contributed by atoms with Gasteiger partial charge < -0.3 is 15.5 Å². The van der Waals surface area contributed by atoms with E-state index in [0.717, 1.165) is 38.5 Å². The van der Waals surface area contributed by atoms with Crippen LogP contribution in [0.3, 0.4) is 0 Å².